The molecule has 1 fully saturated rings. The summed E-state index contributed by atoms with van der Waals surface area (Å²) in [7, 11) is 0. The first-order chi connectivity index (χ1) is 25.4. The van der Waals surface area contributed by atoms with Crippen molar-refractivity contribution < 1.29 is 66.3 Å². The van der Waals surface area contributed by atoms with E-state index >= 15 is 0 Å². The van der Waals surface area contributed by atoms with Gasteiger partial charge in [0.1, 0.15) is 12.7 Å². The lowest BCUT2D eigenvalue weighted by atomic mass is 10.0. The highest BCUT2D eigenvalue weighted by molar-refractivity contribution is 6.26. The number of anilines is 1. The number of nitrogens with one attached hydrogen (secondary N) is 2. The number of halogens is 1. The Morgan fingerprint density at radius 2 is 1.17 bits per heavy atom. The van der Waals surface area contributed by atoms with Crippen molar-refractivity contribution >= 4 is 35.2 Å². The minimum Gasteiger partial charge on any atom is -0.379 e. The fourth-order valence-corrected chi connectivity index (χ4v) is 5.19. The van der Waals surface area contributed by atoms with Gasteiger partial charge in [-0.1, -0.05) is 12.5 Å². The van der Waals surface area contributed by atoms with Crippen molar-refractivity contribution in [3.05, 3.63) is 29.3 Å². The number of rotatable bonds is 31. The lowest BCUT2D eigenvalue weighted by Crippen LogP contribution is -2.54. The van der Waals surface area contributed by atoms with Crippen LogP contribution in [0.25, 0.3) is 0 Å². The van der Waals surface area contributed by atoms with Crippen LogP contribution in [-0.4, -0.2) is 153 Å². The van der Waals surface area contributed by atoms with E-state index in [9.17, 15) is 28.4 Å². The summed E-state index contributed by atoms with van der Waals surface area (Å²) in [6.07, 6.45) is 2.44. The zero-order chi connectivity index (χ0) is 37.2. The normalized spacial score (nSPS) is 15.7. The second-order valence-corrected chi connectivity index (χ2v) is 11.6. The van der Waals surface area contributed by atoms with Crippen molar-refractivity contribution in [1.82, 2.24) is 10.2 Å². The number of ether oxygens (including phenoxy) is 8. The van der Waals surface area contributed by atoms with Gasteiger partial charge in [0.2, 0.25) is 17.7 Å². The van der Waals surface area contributed by atoms with E-state index in [1.807, 2.05) is 0 Å². The van der Waals surface area contributed by atoms with Crippen LogP contribution in [0.15, 0.2) is 18.2 Å². The second-order valence-electron chi connectivity index (χ2n) is 11.6. The quantitative estimate of drug-likeness (QED) is 0.0828. The van der Waals surface area contributed by atoms with Crippen LogP contribution in [-0.2, 0) is 52.3 Å². The Balaban J connectivity index is 1.08. The molecule has 16 nitrogen and oxygen atoms in total. The minimum atomic E-state index is -1.07. The predicted molar refractivity (Wildman–Crippen MR) is 183 cm³/mol. The third-order valence-electron chi connectivity index (χ3n) is 7.76. The number of piperidine rings is 1. The first-order valence-corrected chi connectivity index (χ1v) is 17.8. The molecule has 0 saturated carbocycles. The minimum absolute atomic E-state index is 0.0272. The van der Waals surface area contributed by atoms with Crippen LogP contribution in [0.3, 0.4) is 0 Å². The topological polar surface area (TPSA) is 186 Å². The fourth-order valence-electron chi connectivity index (χ4n) is 5.19. The van der Waals surface area contributed by atoms with Crippen LogP contribution >= 0.6 is 0 Å². The molecule has 1 aromatic rings. The predicted octanol–water partition coefficient (Wildman–Crippen LogP) is 1.69. The molecule has 1 aromatic carbocycles. The molecule has 1 saturated heterocycles. The Hall–Kier alpha value is -3.42. The summed E-state index contributed by atoms with van der Waals surface area (Å²) in [5.74, 6) is -2.73. The average Bonchev–Trinajstić information content (AvgIpc) is 3.38. The smallest absolute Gasteiger partial charge is 0.264 e. The van der Waals surface area contributed by atoms with Gasteiger partial charge in [0.25, 0.3) is 11.8 Å². The van der Waals surface area contributed by atoms with Crippen molar-refractivity contribution in [2.75, 3.05) is 118 Å². The molecule has 0 bridgehead atoms. The Labute approximate surface area is 303 Å². The van der Waals surface area contributed by atoms with Crippen LogP contribution in [0.2, 0.25) is 0 Å². The zero-order valence-corrected chi connectivity index (χ0v) is 29.7. The maximum atomic E-state index is 13.2. The molecule has 2 aliphatic heterocycles. The van der Waals surface area contributed by atoms with E-state index in [-0.39, 0.29) is 48.6 Å². The van der Waals surface area contributed by atoms with Crippen molar-refractivity contribution in [2.24, 2.45) is 0 Å². The van der Waals surface area contributed by atoms with E-state index in [2.05, 4.69) is 10.6 Å². The average molecular weight is 742 g/mol. The van der Waals surface area contributed by atoms with Crippen molar-refractivity contribution in [2.45, 2.75) is 44.6 Å². The zero-order valence-electron chi connectivity index (χ0n) is 29.7. The molecular formula is C35H52FN3O13. The number of nitrogens with zero attached hydrogens (tertiary/aromatic N) is 1. The van der Waals surface area contributed by atoms with Gasteiger partial charge in [-0.25, -0.2) is 4.39 Å². The van der Waals surface area contributed by atoms with Gasteiger partial charge in [-0.3, -0.25) is 34.2 Å². The monoisotopic (exact) mass is 741 g/mol. The number of hydrogen-bond donors (Lipinski definition) is 2. The van der Waals surface area contributed by atoms with Crippen molar-refractivity contribution in [3.63, 3.8) is 0 Å². The lowest BCUT2D eigenvalue weighted by Gasteiger charge is -2.27. The Morgan fingerprint density at radius 3 is 1.67 bits per heavy atom. The number of fused-ring (bicyclic) bond motifs is 1. The van der Waals surface area contributed by atoms with Crippen LogP contribution in [0.4, 0.5) is 10.1 Å². The van der Waals surface area contributed by atoms with Gasteiger partial charge in [0.05, 0.1) is 116 Å². The highest BCUT2D eigenvalue weighted by atomic mass is 19.1. The highest BCUT2D eigenvalue weighted by Crippen LogP contribution is 2.32. The van der Waals surface area contributed by atoms with Crippen molar-refractivity contribution in [3.8, 4) is 0 Å². The molecule has 5 amide bonds. The van der Waals surface area contributed by atoms with E-state index in [0.717, 1.165) is 17.7 Å². The molecule has 0 aliphatic carbocycles. The molecule has 17 heteroatoms. The SMILES string of the molecule is O=C1CCC(N2C(=O)c3cccc(NC(=O)CCCCCOCCOCCOCCOCCOCCOCCOCCOCCF)c3C2=O)C(=O)N1. The van der Waals surface area contributed by atoms with Crippen LogP contribution in [0.1, 0.15) is 59.2 Å². The van der Waals surface area contributed by atoms with E-state index in [4.69, 9.17) is 37.9 Å². The number of carbonyl (C=O) groups excluding carboxylic acids is 5. The van der Waals surface area contributed by atoms with Crippen LogP contribution < -0.4 is 10.6 Å². The number of alkyl halides is 1. The third-order valence-corrected chi connectivity index (χ3v) is 7.76. The van der Waals surface area contributed by atoms with Gasteiger partial charge < -0.3 is 43.2 Å². The maximum absolute atomic E-state index is 13.2. The Kier molecular flexibility index (Phi) is 21.8. The van der Waals surface area contributed by atoms with Crippen LogP contribution in [0, 0.1) is 0 Å². The van der Waals surface area contributed by atoms with Gasteiger partial charge in [0.15, 0.2) is 0 Å². The fraction of sp³-hybridized carbons (Fsp3) is 0.686. The van der Waals surface area contributed by atoms with E-state index in [0.29, 0.717) is 106 Å². The summed E-state index contributed by atoms with van der Waals surface area (Å²) in [4.78, 5) is 63.4. The maximum Gasteiger partial charge on any atom is 0.264 e. The molecule has 292 valence electrons. The number of amides is 5. The molecule has 2 N–H and O–H groups in total. The first kappa shape index (κ1) is 43.0. The molecule has 2 heterocycles. The molecule has 3 rings (SSSR count). The molecule has 1 unspecified atom stereocenters. The molecular weight excluding hydrogens is 689 g/mol. The van der Waals surface area contributed by atoms with Crippen molar-refractivity contribution in [1.29, 1.82) is 0 Å². The van der Waals surface area contributed by atoms with Gasteiger partial charge in [-0.05, 0) is 31.4 Å². The molecule has 0 spiro atoms. The first-order valence-electron chi connectivity index (χ1n) is 17.8. The summed E-state index contributed by atoms with van der Waals surface area (Å²) >= 11 is 0. The summed E-state index contributed by atoms with van der Waals surface area (Å²) in [5, 5.41) is 4.89. The van der Waals surface area contributed by atoms with E-state index in [1.54, 1.807) is 12.1 Å². The summed E-state index contributed by atoms with van der Waals surface area (Å²) in [6.45, 7) is 6.36. The molecule has 0 aromatic heterocycles. The van der Waals surface area contributed by atoms with E-state index < -0.39 is 36.3 Å². The van der Waals surface area contributed by atoms with Crippen LogP contribution in [0.5, 0.6) is 0 Å². The van der Waals surface area contributed by atoms with Gasteiger partial charge in [-0.15, -0.1) is 0 Å². The largest absolute Gasteiger partial charge is 0.379 e. The number of hydrogen-bond acceptors (Lipinski definition) is 13. The number of carbonyl (C=O) groups is 5. The Morgan fingerprint density at radius 1 is 0.673 bits per heavy atom. The van der Waals surface area contributed by atoms with Gasteiger partial charge in [0, 0.05) is 19.4 Å². The molecule has 2 aliphatic rings. The number of imide groups is 2. The standard InChI is InChI=1S/C35H52FN3O13/c36-10-12-46-14-16-48-18-20-50-22-24-52-26-25-51-23-21-49-19-17-47-15-13-45-11-3-1-2-7-30(40)37-28-6-4-5-27-32(28)35(44)39(34(27)43)29-8-9-31(41)38-33(29)42/h4-6,29H,1-3,7-26H2,(H,37,40)(H,38,41,42). The molecule has 52 heavy (non-hydrogen) atoms. The summed E-state index contributed by atoms with van der Waals surface area (Å²) < 4.78 is 54.9. The van der Waals surface area contributed by atoms with Gasteiger partial charge >= 0.3 is 0 Å². The summed E-state index contributed by atoms with van der Waals surface area (Å²) in [5.41, 5.74) is 0.376. The molecule has 0 radical (unpaired) electrons. The third kappa shape index (κ3) is 16.1. The highest BCUT2D eigenvalue weighted by Gasteiger charge is 2.45. The van der Waals surface area contributed by atoms with E-state index in [1.165, 1.54) is 6.07 Å². The molecule has 1 atom stereocenters. The number of unbranched alkanes of at least 4 members (excludes halogenated alkanes) is 2. The second kappa shape index (κ2) is 26.4. The lowest BCUT2D eigenvalue weighted by molar-refractivity contribution is -0.136. The van der Waals surface area contributed by atoms with Gasteiger partial charge in [-0.2, -0.15) is 0 Å². The number of benzene rings is 1. The summed E-state index contributed by atoms with van der Waals surface area (Å²) in [6, 6.07) is 3.52. The Bertz CT molecular complexity index is 1250.